The van der Waals surface area contributed by atoms with E-state index in [1.54, 1.807) is 18.2 Å². The molecule has 100 valence electrons. The van der Waals surface area contributed by atoms with Gasteiger partial charge in [-0.05, 0) is 19.4 Å². The van der Waals surface area contributed by atoms with Crippen molar-refractivity contribution in [3.05, 3.63) is 46.2 Å². The Balaban J connectivity index is 2.32. The Morgan fingerprint density at radius 3 is 2.74 bits per heavy atom. The topological polar surface area (TPSA) is 43.4 Å². The van der Waals surface area contributed by atoms with E-state index in [1.165, 1.54) is 6.08 Å². The molecule has 1 aliphatic carbocycles. The molecule has 0 aromatic heterocycles. The van der Waals surface area contributed by atoms with Crippen molar-refractivity contribution in [1.82, 2.24) is 0 Å². The van der Waals surface area contributed by atoms with E-state index >= 15 is 0 Å². The summed E-state index contributed by atoms with van der Waals surface area (Å²) in [6.45, 7) is 3.92. The van der Waals surface area contributed by atoms with Gasteiger partial charge in [-0.3, -0.25) is 9.59 Å². The zero-order valence-corrected chi connectivity index (χ0v) is 11.7. The van der Waals surface area contributed by atoms with Crippen LogP contribution in [0, 0.1) is 0 Å². The molecule has 3 nitrogen and oxygen atoms in total. The number of hydrogen-bond donors (Lipinski definition) is 0. The maximum atomic E-state index is 12.3. The quantitative estimate of drug-likeness (QED) is 0.841. The van der Waals surface area contributed by atoms with Gasteiger partial charge in [0.1, 0.15) is 0 Å². The second-order valence-electron chi connectivity index (χ2n) is 4.58. The molecule has 0 heterocycles. The van der Waals surface area contributed by atoms with Crippen LogP contribution in [0.3, 0.4) is 0 Å². The summed E-state index contributed by atoms with van der Waals surface area (Å²) in [5, 5.41) is 0.299. The van der Waals surface area contributed by atoms with E-state index < -0.39 is 0 Å². The fraction of sp³-hybridized carbons (Fsp3) is 0.333. The largest absolute Gasteiger partial charge is 0.486 e. The molecular weight excluding hydrogens is 264 g/mol. The Kier molecular flexibility index (Phi) is 4.05. The first kappa shape index (κ1) is 13.8. The minimum absolute atomic E-state index is 0.0891. The molecule has 1 atom stereocenters. The van der Waals surface area contributed by atoms with Gasteiger partial charge in [0.25, 0.3) is 0 Å². The highest BCUT2D eigenvalue weighted by Crippen LogP contribution is 2.28. The van der Waals surface area contributed by atoms with Gasteiger partial charge < -0.3 is 4.74 Å². The number of carbonyl (C=O) groups is 2. The zero-order chi connectivity index (χ0) is 14.0. The molecule has 2 rings (SSSR count). The Bertz CT molecular complexity index is 561. The number of allylic oxidation sites excluding steroid dienone is 2. The summed E-state index contributed by atoms with van der Waals surface area (Å²) in [4.78, 5) is 24.3. The summed E-state index contributed by atoms with van der Waals surface area (Å²) < 4.78 is 5.56. The van der Waals surface area contributed by atoms with Crippen molar-refractivity contribution in [3.8, 4) is 0 Å². The number of fused-ring (bicyclic) bond motifs is 1. The summed E-state index contributed by atoms with van der Waals surface area (Å²) in [7, 11) is 0. The lowest BCUT2D eigenvalue weighted by Crippen LogP contribution is -2.21. The van der Waals surface area contributed by atoms with Crippen LogP contribution in [0.4, 0.5) is 0 Å². The number of halogens is 1. The average molecular weight is 279 g/mol. The van der Waals surface area contributed by atoms with Crippen molar-refractivity contribution in [2.75, 3.05) is 0 Å². The van der Waals surface area contributed by atoms with Crippen molar-refractivity contribution >= 4 is 23.2 Å². The molecule has 0 saturated carbocycles. The Labute approximate surface area is 117 Å². The van der Waals surface area contributed by atoms with E-state index in [2.05, 4.69) is 0 Å². The van der Waals surface area contributed by atoms with E-state index in [0.29, 0.717) is 10.6 Å². The van der Waals surface area contributed by atoms with Gasteiger partial charge in [0, 0.05) is 11.6 Å². The maximum Gasteiger partial charge on any atom is 0.228 e. The second-order valence-corrected chi connectivity index (χ2v) is 4.99. The standard InChI is InChI=1S/C15H15ClO3/c1-3-5-9(2)19-13-8-12(17)14-10(15(13)18)6-4-7-11(14)16/h4,6-9H,3,5H2,1-2H3. The first-order valence-corrected chi connectivity index (χ1v) is 6.68. The molecular formula is C15H15ClO3. The number of carbonyl (C=O) groups excluding carboxylic acids is 2. The number of benzene rings is 1. The van der Waals surface area contributed by atoms with Crippen molar-refractivity contribution in [1.29, 1.82) is 0 Å². The van der Waals surface area contributed by atoms with Gasteiger partial charge in [-0.15, -0.1) is 0 Å². The molecule has 0 bridgehead atoms. The molecule has 1 aromatic rings. The third-order valence-electron chi connectivity index (χ3n) is 3.01. The highest BCUT2D eigenvalue weighted by atomic mass is 35.5. The number of Topliss-reactive ketones (excluding diaryl/α,β-unsaturated/α-hetero) is 1. The van der Waals surface area contributed by atoms with Crippen molar-refractivity contribution in [2.45, 2.75) is 32.8 Å². The maximum absolute atomic E-state index is 12.3. The van der Waals surface area contributed by atoms with Gasteiger partial charge in [-0.1, -0.05) is 37.1 Å². The predicted octanol–water partition coefficient (Wildman–Crippen LogP) is 3.81. The van der Waals surface area contributed by atoms with E-state index in [-0.39, 0.29) is 29.0 Å². The molecule has 0 aliphatic heterocycles. The van der Waals surface area contributed by atoms with E-state index in [1.807, 2.05) is 13.8 Å². The lowest BCUT2D eigenvalue weighted by molar-refractivity contribution is 0.0763. The minimum atomic E-state index is -0.279. The monoisotopic (exact) mass is 278 g/mol. The van der Waals surface area contributed by atoms with Crippen molar-refractivity contribution in [2.24, 2.45) is 0 Å². The first-order valence-electron chi connectivity index (χ1n) is 6.30. The van der Waals surface area contributed by atoms with E-state index in [4.69, 9.17) is 16.3 Å². The van der Waals surface area contributed by atoms with Crippen LogP contribution in [-0.2, 0) is 4.74 Å². The molecule has 1 aliphatic rings. The molecule has 0 spiro atoms. The highest BCUT2D eigenvalue weighted by molar-refractivity contribution is 6.37. The summed E-state index contributed by atoms with van der Waals surface area (Å²) in [6, 6.07) is 4.86. The van der Waals surface area contributed by atoms with Crippen LogP contribution in [0.15, 0.2) is 30.0 Å². The third kappa shape index (κ3) is 2.71. The van der Waals surface area contributed by atoms with Gasteiger partial charge in [-0.2, -0.15) is 0 Å². The SMILES string of the molecule is CCCC(C)OC1=CC(=O)c2c(Cl)cccc2C1=O. The van der Waals surface area contributed by atoms with Crippen molar-refractivity contribution in [3.63, 3.8) is 0 Å². The Hall–Kier alpha value is -1.61. The number of ether oxygens (including phenoxy) is 1. The van der Waals surface area contributed by atoms with Gasteiger partial charge in [0.05, 0.1) is 16.7 Å². The lowest BCUT2D eigenvalue weighted by atomic mass is 9.93. The molecule has 0 N–H and O–H groups in total. The van der Waals surface area contributed by atoms with Crippen LogP contribution in [-0.4, -0.2) is 17.7 Å². The van der Waals surface area contributed by atoms with E-state index in [0.717, 1.165) is 12.8 Å². The molecule has 0 saturated heterocycles. The summed E-state index contributed by atoms with van der Waals surface area (Å²) >= 11 is 5.96. The molecule has 0 amide bonds. The zero-order valence-electron chi connectivity index (χ0n) is 10.9. The molecule has 0 radical (unpaired) electrons. The number of hydrogen-bond acceptors (Lipinski definition) is 3. The van der Waals surface area contributed by atoms with Gasteiger partial charge in [-0.25, -0.2) is 0 Å². The molecule has 4 heteroatoms. The third-order valence-corrected chi connectivity index (χ3v) is 3.33. The lowest BCUT2D eigenvalue weighted by Gasteiger charge is -2.20. The summed E-state index contributed by atoms with van der Waals surface area (Å²) in [6.07, 6.45) is 2.94. The number of ketones is 2. The Morgan fingerprint density at radius 1 is 1.32 bits per heavy atom. The van der Waals surface area contributed by atoms with Gasteiger partial charge in [0.15, 0.2) is 11.5 Å². The van der Waals surface area contributed by atoms with Crippen molar-refractivity contribution < 1.29 is 14.3 Å². The normalized spacial score (nSPS) is 15.8. The predicted molar refractivity (Wildman–Crippen MR) is 73.7 cm³/mol. The molecule has 0 fully saturated rings. The fourth-order valence-corrected chi connectivity index (χ4v) is 2.39. The number of rotatable bonds is 4. The molecule has 1 unspecified atom stereocenters. The van der Waals surface area contributed by atoms with Gasteiger partial charge >= 0.3 is 0 Å². The smallest absolute Gasteiger partial charge is 0.228 e. The first-order chi connectivity index (χ1) is 9.04. The van der Waals surface area contributed by atoms with Crippen LogP contribution in [0.25, 0.3) is 0 Å². The molecule has 1 aromatic carbocycles. The van der Waals surface area contributed by atoms with Crippen LogP contribution >= 0.6 is 11.6 Å². The molecule has 19 heavy (non-hydrogen) atoms. The summed E-state index contributed by atoms with van der Waals surface area (Å²) in [5.74, 6) is -0.445. The van der Waals surface area contributed by atoms with Crippen LogP contribution in [0.2, 0.25) is 5.02 Å². The van der Waals surface area contributed by atoms with Crippen LogP contribution < -0.4 is 0 Å². The van der Waals surface area contributed by atoms with E-state index in [9.17, 15) is 9.59 Å². The highest BCUT2D eigenvalue weighted by Gasteiger charge is 2.29. The Morgan fingerprint density at radius 2 is 2.05 bits per heavy atom. The van der Waals surface area contributed by atoms with Gasteiger partial charge in [0.2, 0.25) is 5.78 Å². The fourth-order valence-electron chi connectivity index (χ4n) is 2.12. The summed E-state index contributed by atoms with van der Waals surface area (Å²) in [5.41, 5.74) is 0.586. The second kappa shape index (κ2) is 5.57. The van der Waals surface area contributed by atoms with Crippen LogP contribution in [0.5, 0.6) is 0 Å². The van der Waals surface area contributed by atoms with Crippen LogP contribution in [0.1, 0.15) is 47.4 Å². The minimum Gasteiger partial charge on any atom is -0.486 e. The average Bonchev–Trinajstić information content (AvgIpc) is 2.35.